The summed E-state index contributed by atoms with van der Waals surface area (Å²) >= 11 is 0. The third kappa shape index (κ3) is 5.62. The van der Waals surface area contributed by atoms with Gasteiger partial charge in [0.25, 0.3) is 5.91 Å². The van der Waals surface area contributed by atoms with E-state index in [-0.39, 0.29) is 29.9 Å². The van der Waals surface area contributed by atoms with Crippen LogP contribution >= 0.6 is 0 Å². The Hall–Kier alpha value is -2.43. The number of fused-ring (bicyclic) bond motifs is 2. The van der Waals surface area contributed by atoms with E-state index in [9.17, 15) is 4.79 Å². The van der Waals surface area contributed by atoms with Gasteiger partial charge in [-0.15, -0.1) is 6.58 Å². The van der Waals surface area contributed by atoms with Gasteiger partial charge in [0.2, 0.25) is 0 Å². The Labute approximate surface area is 244 Å². The fourth-order valence-electron chi connectivity index (χ4n) is 5.76. The van der Waals surface area contributed by atoms with Crippen LogP contribution in [0.4, 0.5) is 5.82 Å². The number of likely N-dealkylation sites (N-methyl/N-ethyl adjacent to an activating group) is 1. The van der Waals surface area contributed by atoms with E-state index in [2.05, 4.69) is 86.4 Å². The SMILES string of the molecule is C=CCn1c(C)c(C[N+](C)(C)C)c2cc(C(=O)N3CCN(C)CC3)nc(N3CCc4ccccc4C3)c21.[I-]. The van der Waals surface area contributed by atoms with Gasteiger partial charge in [-0.3, -0.25) is 4.79 Å². The summed E-state index contributed by atoms with van der Waals surface area (Å²) in [6.07, 6.45) is 2.93. The lowest BCUT2D eigenvalue weighted by molar-refractivity contribution is -0.883. The Morgan fingerprint density at radius 2 is 1.76 bits per heavy atom. The topological polar surface area (TPSA) is 44.6 Å². The van der Waals surface area contributed by atoms with Crippen molar-refractivity contribution < 1.29 is 33.3 Å². The molecular formula is C30H41IN6O. The van der Waals surface area contributed by atoms with Crippen molar-refractivity contribution in [1.29, 1.82) is 0 Å². The molecule has 0 radical (unpaired) electrons. The van der Waals surface area contributed by atoms with Gasteiger partial charge >= 0.3 is 0 Å². The molecule has 8 heteroatoms. The molecule has 2 aromatic heterocycles. The predicted octanol–water partition coefficient (Wildman–Crippen LogP) is 0.691. The largest absolute Gasteiger partial charge is 1.00 e. The number of quaternary nitrogens is 1. The first-order chi connectivity index (χ1) is 17.7. The van der Waals surface area contributed by atoms with Crippen molar-refractivity contribution in [3.8, 4) is 0 Å². The summed E-state index contributed by atoms with van der Waals surface area (Å²) in [4.78, 5) is 25.6. The first-order valence-electron chi connectivity index (χ1n) is 13.4. The number of carbonyl (C=O) groups excluding carboxylic acids is 1. The number of aromatic nitrogens is 2. The Balaban J connectivity index is 0.00000336. The number of rotatable bonds is 6. The second kappa shape index (κ2) is 11.4. The van der Waals surface area contributed by atoms with E-state index in [0.29, 0.717) is 12.2 Å². The third-order valence-corrected chi connectivity index (χ3v) is 7.79. The molecule has 4 heterocycles. The Morgan fingerprint density at radius 3 is 2.42 bits per heavy atom. The molecule has 0 bridgehead atoms. The number of hydrogen-bond donors (Lipinski definition) is 0. The maximum absolute atomic E-state index is 13.8. The van der Waals surface area contributed by atoms with Crippen LogP contribution in [0.2, 0.25) is 0 Å². The number of pyridine rings is 1. The molecule has 7 nitrogen and oxygen atoms in total. The van der Waals surface area contributed by atoms with Gasteiger partial charge in [-0.05, 0) is 37.6 Å². The number of nitrogens with zero attached hydrogens (tertiary/aromatic N) is 6. The van der Waals surface area contributed by atoms with Crippen molar-refractivity contribution >= 4 is 22.6 Å². The third-order valence-electron chi connectivity index (χ3n) is 7.79. The molecule has 0 spiro atoms. The molecule has 0 atom stereocenters. The van der Waals surface area contributed by atoms with Gasteiger partial charge in [0.1, 0.15) is 12.2 Å². The maximum atomic E-state index is 13.8. The van der Waals surface area contributed by atoms with Crippen molar-refractivity contribution in [2.45, 2.75) is 33.0 Å². The van der Waals surface area contributed by atoms with Crippen molar-refractivity contribution in [2.24, 2.45) is 0 Å². The molecule has 5 rings (SSSR count). The van der Waals surface area contributed by atoms with Crippen LogP contribution in [0.1, 0.15) is 32.9 Å². The Morgan fingerprint density at radius 1 is 1.08 bits per heavy atom. The van der Waals surface area contributed by atoms with E-state index in [1.165, 1.54) is 22.4 Å². The quantitative estimate of drug-likeness (QED) is 0.229. The predicted molar refractivity (Wildman–Crippen MR) is 151 cm³/mol. The molecule has 1 amide bonds. The molecule has 0 unspecified atom stereocenters. The van der Waals surface area contributed by atoms with Gasteiger partial charge < -0.3 is 47.7 Å². The van der Waals surface area contributed by atoms with Crippen LogP contribution in [0.3, 0.4) is 0 Å². The van der Waals surface area contributed by atoms with Crippen LogP contribution in [0.5, 0.6) is 0 Å². The molecule has 3 aromatic rings. The van der Waals surface area contributed by atoms with E-state index in [1.807, 2.05) is 11.0 Å². The van der Waals surface area contributed by atoms with Crippen LogP contribution in [0.15, 0.2) is 43.0 Å². The molecule has 1 saturated heterocycles. The number of allylic oxidation sites excluding steroid dienone is 1. The summed E-state index contributed by atoms with van der Waals surface area (Å²) in [5.74, 6) is 0.959. The first-order valence-corrected chi connectivity index (χ1v) is 13.4. The molecule has 204 valence electrons. The number of amides is 1. The summed E-state index contributed by atoms with van der Waals surface area (Å²) in [6.45, 7) is 12.8. The van der Waals surface area contributed by atoms with Gasteiger partial charge in [0, 0.05) is 62.5 Å². The number of hydrogen-bond acceptors (Lipinski definition) is 4. The number of carbonyl (C=O) groups is 1. The minimum absolute atomic E-state index is 0. The highest BCUT2D eigenvalue weighted by Gasteiger charge is 2.29. The second-order valence-corrected chi connectivity index (χ2v) is 11.7. The van der Waals surface area contributed by atoms with Gasteiger partial charge in [0.05, 0.1) is 26.7 Å². The van der Waals surface area contributed by atoms with Gasteiger partial charge in [-0.2, -0.15) is 0 Å². The molecular weight excluding hydrogens is 587 g/mol. The van der Waals surface area contributed by atoms with Crippen LogP contribution in [-0.2, 0) is 26.1 Å². The summed E-state index contributed by atoms with van der Waals surface area (Å²) in [6, 6.07) is 10.7. The molecule has 0 aliphatic carbocycles. The number of anilines is 1. The summed E-state index contributed by atoms with van der Waals surface area (Å²) < 4.78 is 3.16. The van der Waals surface area contributed by atoms with Crippen molar-refractivity contribution in [3.63, 3.8) is 0 Å². The lowest BCUT2D eigenvalue weighted by atomic mass is 9.99. The van der Waals surface area contributed by atoms with E-state index in [4.69, 9.17) is 4.98 Å². The van der Waals surface area contributed by atoms with Crippen LogP contribution < -0.4 is 28.9 Å². The molecule has 0 saturated carbocycles. The molecule has 2 aliphatic heterocycles. The smallest absolute Gasteiger partial charge is 0.272 e. The van der Waals surface area contributed by atoms with E-state index >= 15 is 0 Å². The summed E-state index contributed by atoms with van der Waals surface area (Å²) in [5.41, 5.74) is 6.94. The molecule has 1 aromatic carbocycles. The zero-order chi connectivity index (χ0) is 26.3. The zero-order valence-electron chi connectivity index (χ0n) is 23.5. The molecule has 38 heavy (non-hydrogen) atoms. The van der Waals surface area contributed by atoms with E-state index < -0.39 is 0 Å². The number of piperazine rings is 1. The highest BCUT2D eigenvalue weighted by Crippen LogP contribution is 2.36. The summed E-state index contributed by atoms with van der Waals surface area (Å²) in [5, 5.41) is 1.15. The number of benzene rings is 1. The second-order valence-electron chi connectivity index (χ2n) is 11.7. The molecule has 1 fully saturated rings. The average molecular weight is 629 g/mol. The highest BCUT2D eigenvalue weighted by atomic mass is 127. The fourth-order valence-corrected chi connectivity index (χ4v) is 5.76. The van der Waals surface area contributed by atoms with Crippen LogP contribution in [0, 0.1) is 6.92 Å². The van der Waals surface area contributed by atoms with Crippen LogP contribution in [-0.4, -0.2) is 90.7 Å². The Bertz CT molecular complexity index is 1330. The Kier molecular flexibility index (Phi) is 8.54. The van der Waals surface area contributed by atoms with E-state index in [1.54, 1.807) is 0 Å². The minimum atomic E-state index is 0. The fraction of sp³-hybridized carbons (Fsp3) is 0.467. The van der Waals surface area contributed by atoms with Gasteiger partial charge in [0.15, 0.2) is 5.82 Å². The average Bonchev–Trinajstić information content (AvgIpc) is 3.13. The van der Waals surface area contributed by atoms with Crippen molar-refractivity contribution in [2.75, 3.05) is 65.8 Å². The van der Waals surface area contributed by atoms with Crippen molar-refractivity contribution in [1.82, 2.24) is 19.4 Å². The molecule has 0 N–H and O–H groups in total. The first kappa shape index (κ1) is 28.6. The van der Waals surface area contributed by atoms with Gasteiger partial charge in [-0.25, -0.2) is 4.98 Å². The van der Waals surface area contributed by atoms with Crippen LogP contribution in [0.25, 0.3) is 10.9 Å². The van der Waals surface area contributed by atoms with E-state index in [0.717, 1.165) is 73.4 Å². The van der Waals surface area contributed by atoms with Crippen molar-refractivity contribution in [3.05, 3.63) is 71.1 Å². The zero-order valence-corrected chi connectivity index (χ0v) is 25.7. The van der Waals surface area contributed by atoms with Gasteiger partial charge in [-0.1, -0.05) is 30.3 Å². The molecule has 2 aliphatic rings. The standard InChI is InChI=1S/C30H41N6O.HI/c1-7-13-35-22(2)26(21-36(4,5)6)25-19-27(30(37)33-17-15-32(3)16-18-33)31-29(28(25)35)34-14-12-23-10-8-9-11-24(23)20-34;/h7-11,19H,1,12-18,20-21H2,2-6H3;1H/q+1;/p-1. The highest BCUT2D eigenvalue weighted by molar-refractivity contribution is 6.01. The lowest BCUT2D eigenvalue weighted by Crippen LogP contribution is -3.00. The maximum Gasteiger partial charge on any atom is 0.272 e. The summed E-state index contributed by atoms with van der Waals surface area (Å²) in [7, 11) is 8.77. The monoisotopic (exact) mass is 628 g/mol. The normalized spacial score (nSPS) is 16.3. The minimum Gasteiger partial charge on any atom is -1.00 e. The number of halogens is 1. The lowest BCUT2D eigenvalue weighted by Gasteiger charge is -2.33.